The molecule has 0 radical (unpaired) electrons. The number of carbonyl (C=O) groups is 1. The van der Waals surface area contributed by atoms with Crippen LogP contribution < -0.4 is 10.0 Å². The van der Waals surface area contributed by atoms with E-state index in [1.807, 2.05) is 6.92 Å². The summed E-state index contributed by atoms with van der Waals surface area (Å²) in [5.74, 6) is -0.169. The molecule has 1 aromatic heterocycles. The number of halogens is 2. The first-order valence-electron chi connectivity index (χ1n) is 6.98. The highest BCUT2D eigenvalue weighted by molar-refractivity contribution is 8.00. The minimum Gasteiger partial charge on any atom is -0.618 e. The Hall–Kier alpha value is -1.43. The molecule has 0 saturated heterocycles. The second-order valence-corrected chi connectivity index (χ2v) is 7.23. The van der Waals surface area contributed by atoms with Gasteiger partial charge in [0.25, 0.3) is 5.03 Å². The fraction of sp³-hybridized carbons (Fsp3) is 0.250. The predicted octanol–water partition coefficient (Wildman–Crippen LogP) is 3.98. The van der Waals surface area contributed by atoms with E-state index in [0.717, 1.165) is 10.3 Å². The summed E-state index contributed by atoms with van der Waals surface area (Å²) in [6, 6.07) is 9.99. The number of carbonyl (C=O) groups excluding carboxylic acids is 1. The summed E-state index contributed by atoms with van der Waals surface area (Å²) in [6.07, 6.45) is 1.41. The lowest BCUT2D eigenvalue weighted by Gasteiger charge is -2.18. The van der Waals surface area contributed by atoms with Crippen LogP contribution in [0.2, 0.25) is 10.0 Å². The molecule has 2 aromatic rings. The van der Waals surface area contributed by atoms with Gasteiger partial charge in [-0.1, -0.05) is 29.3 Å². The van der Waals surface area contributed by atoms with E-state index >= 15 is 0 Å². The van der Waals surface area contributed by atoms with Gasteiger partial charge in [0.2, 0.25) is 5.91 Å². The number of hydrogen-bond donors (Lipinski definition) is 1. The Balaban J connectivity index is 2.01. The number of thioether (sulfide) groups is 1. The summed E-state index contributed by atoms with van der Waals surface area (Å²) in [5, 5.41) is 15.6. The van der Waals surface area contributed by atoms with Gasteiger partial charge in [0.05, 0.1) is 11.3 Å². The van der Waals surface area contributed by atoms with Crippen molar-refractivity contribution in [3.8, 4) is 0 Å². The van der Waals surface area contributed by atoms with Crippen molar-refractivity contribution in [2.24, 2.45) is 0 Å². The third-order valence-electron chi connectivity index (χ3n) is 3.24. The van der Waals surface area contributed by atoms with Crippen molar-refractivity contribution in [1.82, 2.24) is 5.32 Å². The standard InChI is InChI=1S/C16H16Cl2N2O2S/c1-10(13-7-6-12(17)9-14(13)18)19-16(21)11(2)23-15-5-3-4-8-20(15)22/h3-11H,1-2H3,(H,19,21). The zero-order valence-corrected chi connectivity index (χ0v) is 15.0. The SMILES string of the molecule is CC(Sc1cccc[n+]1[O-])C(=O)NC(C)c1ccc(Cl)cc1Cl. The summed E-state index contributed by atoms with van der Waals surface area (Å²) in [6.45, 7) is 3.60. The number of nitrogens with zero attached hydrogens (tertiary/aromatic N) is 1. The number of rotatable bonds is 5. The summed E-state index contributed by atoms with van der Waals surface area (Å²) >= 11 is 13.2. The van der Waals surface area contributed by atoms with Crippen LogP contribution in [0.5, 0.6) is 0 Å². The highest BCUT2D eigenvalue weighted by Crippen LogP contribution is 2.27. The molecule has 7 heteroatoms. The van der Waals surface area contributed by atoms with Gasteiger partial charge in [-0.2, -0.15) is 4.73 Å². The molecule has 1 N–H and O–H groups in total. The molecule has 122 valence electrons. The van der Waals surface area contributed by atoms with Gasteiger partial charge < -0.3 is 10.5 Å². The van der Waals surface area contributed by atoms with Crippen molar-refractivity contribution in [2.75, 3.05) is 0 Å². The Morgan fingerprint density at radius 2 is 2.00 bits per heavy atom. The van der Waals surface area contributed by atoms with Gasteiger partial charge in [-0.25, -0.2) is 0 Å². The van der Waals surface area contributed by atoms with Gasteiger partial charge in [-0.3, -0.25) is 4.79 Å². The summed E-state index contributed by atoms with van der Waals surface area (Å²) < 4.78 is 0.744. The number of nitrogens with one attached hydrogen (secondary N) is 1. The maximum absolute atomic E-state index is 12.3. The fourth-order valence-electron chi connectivity index (χ4n) is 2.00. The number of amides is 1. The molecule has 0 spiro atoms. The van der Waals surface area contributed by atoms with Crippen molar-refractivity contribution < 1.29 is 9.52 Å². The first kappa shape index (κ1) is 17.9. The van der Waals surface area contributed by atoms with E-state index in [1.165, 1.54) is 18.0 Å². The normalized spacial score (nSPS) is 13.4. The average molecular weight is 371 g/mol. The van der Waals surface area contributed by atoms with Crippen LogP contribution in [0, 0.1) is 5.21 Å². The quantitative estimate of drug-likeness (QED) is 0.491. The van der Waals surface area contributed by atoms with Crippen molar-refractivity contribution in [3.63, 3.8) is 0 Å². The molecular weight excluding hydrogens is 355 g/mol. The van der Waals surface area contributed by atoms with Crippen molar-refractivity contribution in [3.05, 3.63) is 63.4 Å². The molecular formula is C16H16Cl2N2O2S. The Morgan fingerprint density at radius 1 is 1.26 bits per heavy atom. The van der Waals surface area contributed by atoms with Gasteiger partial charge in [0, 0.05) is 22.2 Å². The van der Waals surface area contributed by atoms with Gasteiger partial charge in [-0.15, -0.1) is 0 Å². The molecule has 4 nitrogen and oxygen atoms in total. The molecule has 0 bridgehead atoms. The lowest BCUT2D eigenvalue weighted by molar-refractivity contribution is -0.645. The third-order valence-corrected chi connectivity index (χ3v) is 4.93. The van der Waals surface area contributed by atoms with Crippen molar-refractivity contribution in [2.45, 2.75) is 30.2 Å². The highest BCUT2D eigenvalue weighted by atomic mass is 35.5. The van der Waals surface area contributed by atoms with Gasteiger partial charge in [0.1, 0.15) is 0 Å². The molecule has 0 saturated carbocycles. The van der Waals surface area contributed by atoms with E-state index in [9.17, 15) is 10.0 Å². The molecule has 2 unspecified atom stereocenters. The van der Waals surface area contributed by atoms with Gasteiger partial charge in [0.15, 0.2) is 6.20 Å². The molecule has 0 aliphatic carbocycles. The van der Waals surface area contributed by atoms with E-state index in [4.69, 9.17) is 23.2 Å². The van der Waals surface area contributed by atoms with Gasteiger partial charge in [-0.05, 0) is 49.4 Å². The number of hydrogen-bond acceptors (Lipinski definition) is 3. The molecule has 23 heavy (non-hydrogen) atoms. The maximum atomic E-state index is 12.3. The zero-order chi connectivity index (χ0) is 17.0. The second-order valence-electron chi connectivity index (χ2n) is 5.02. The fourth-order valence-corrected chi connectivity index (χ4v) is 3.43. The van der Waals surface area contributed by atoms with Crippen LogP contribution >= 0.6 is 35.0 Å². The van der Waals surface area contributed by atoms with E-state index < -0.39 is 5.25 Å². The third kappa shape index (κ3) is 4.77. The van der Waals surface area contributed by atoms with Crippen LogP contribution in [0.1, 0.15) is 25.5 Å². The Morgan fingerprint density at radius 3 is 2.65 bits per heavy atom. The van der Waals surface area contributed by atoms with E-state index in [-0.39, 0.29) is 11.9 Å². The number of aromatic nitrogens is 1. The van der Waals surface area contributed by atoms with Crippen LogP contribution in [0.3, 0.4) is 0 Å². The van der Waals surface area contributed by atoms with E-state index in [0.29, 0.717) is 15.1 Å². The van der Waals surface area contributed by atoms with Crippen molar-refractivity contribution >= 4 is 40.9 Å². The molecule has 1 aromatic carbocycles. The largest absolute Gasteiger partial charge is 0.618 e. The zero-order valence-electron chi connectivity index (χ0n) is 12.6. The molecule has 0 aliphatic heterocycles. The minimum absolute atomic E-state index is 0.169. The van der Waals surface area contributed by atoms with Gasteiger partial charge >= 0.3 is 0 Å². The lowest BCUT2D eigenvalue weighted by atomic mass is 10.1. The van der Waals surface area contributed by atoms with Crippen LogP contribution in [0.15, 0.2) is 47.6 Å². The van der Waals surface area contributed by atoms with Crippen LogP contribution in [-0.2, 0) is 4.79 Å². The van der Waals surface area contributed by atoms with Crippen molar-refractivity contribution in [1.29, 1.82) is 0 Å². The molecule has 1 heterocycles. The molecule has 1 amide bonds. The Kier molecular flexibility index (Phi) is 6.16. The predicted molar refractivity (Wildman–Crippen MR) is 93.7 cm³/mol. The first-order chi connectivity index (χ1) is 10.9. The first-order valence-corrected chi connectivity index (χ1v) is 8.62. The smallest absolute Gasteiger partial charge is 0.252 e. The summed E-state index contributed by atoms with van der Waals surface area (Å²) in [4.78, 5) is 12.3. The monoisotopic (exact) mass is 370 g/mol. The highest BCUT2D eigenvalue weighted by Gasteiger charge is 2.21. The summed E-state index contributed by atoms with van der Waals surface area (Å²) in [7, 11) is 0. The van der Waals surface area contributed by atoms with E-state index in [1.54, 1.807) is 43.3 Å². The average Bonchev–Trinajstić information content (AvgIpc) is 2.49. The molecule has 2 atom stereocenters. The van der Waals surface area contributed by atoms with Crippen LogP contribution in [-0.4, -0.2) is 11.2 Å². The van der Waals surface area contributed by atoms with Crippen LogP contribution in [0.4, 0.5) is 0 Å². The lowest BCUT2D eigenvalue weighted by Crippen LogP contribution is -2.35. The molecule has 2 rings (SSSR count). The molecule has 0 aliphatic rings. The minimum atomic E-state index is -0.411. The Labute approximate surface area is 149 Å². The topological polar surface area (TPSA) is 56.0 Å². The summed E-state index contributed by atoms with van der Waals surface area (Å²) in [5.41, 5.74) is 0.792. The Bertz CT molecular complexity index is 712. The second kappa shape index (κ2) is 7.90. The number of pyridine rings is 1. The van der Waals surface area contributed by atoms with E-state index in [2.05, 4.69) is 5.32 Å². The molecule has 0 fully saturated rings. The number of benzene rings is 1. The van der Waals surface area contributed by atoms with Crippen LogP contribution in [0.25, 0.3) is 0 Å². The maximum Gasteiger partial charge on any atom is 0.252 e.